The average molecular weight is 431 g/mol. The molecule has 3 N–H and O–H groups in total. The molecule has 5 aromatic rings. The summed E-state index contributed by atoms with van der Waals surface area (Å²) >= 11 is 6.16. The van der Waals surface area contributed by atoms with E-state index in [2.05, 4.69) is 4.98 Å². The quantitative estimate of drug-likeness (QED) is 0.441. The van der Waals surface area contributed by atoms with Crippen molar-refractivity contribution in [1.29, 1.82) is 0 Å². The van der Waals surface area contributed by atoms with Crippen LogP contribution in [0, 0.1) is 0 Å². The first kappa shape index (κ1) is 19.2. The second-order valence-electron chi connectivity index (χ2n) is 7.52. The molecule has 6 nitrogen and oxygen atoms in total. The van der Waals surface area contributed by atoms with Crippen LogP contribution >= 0.6 is 11.6 Å². The van der Waals surface area contributed by atoms with Crippen LogP contribution in [-0.4, -0.2) is 20.0 Å². The summed E-state index contributed by atoms with van der Waals surface area (Å²) in [6, 6.07) is 20.6. The molecule has 0 aliphatic rings. The highest BCUT2D eigenvalue weighted by Crippen LogP contribution is 2.25. The third-order valence-electron chi connectivity index (χ3n) is 5.43. The van der Waals surface area contributed by atoms with E-state index in [1.807, 2.05) is 65.4 Å². The maximum atomic E-state index is 12.9. The van der Waals surface area contributed by atoms with E-state index in [0.717, 1.165) is 38.9 Å². The number of carbonyl (C=O) groups excluding carboxylic acids is 1. The summed E-state index contributed by atoms with van der Waals surface area (Å²) in [4.78, 5) is 27.8. The fourth-order valence-electron chi connectivity index (χ4n) is 4.08. The third-order valence-corrected chi connectivity index (χ3v) is 5.66. The Bertz CT molecular complexity index is 1510. The Labute approximate surface area is 182 Å². The zero-order valence-electron chi connectivity index (χ0n) is 16.5. The second kappa shape index (κ2) is 7.49. The van der Waals surface area contributed by atoms with E-state index in [1.54, 1.807) is 16.7 Å². The van der Waals surface area contributed by atoms with Crippen LogP contribution in [0.5, 0.6) is 0 Å². The minimum Gasteiger partial charge on any atom is -0.369 e. The molecule has 3 aromatic heterocycles. The number of primary amides is 1. The number of pyridine rings is 1. The van der Waals surface area contributed by atoms with E-state index in [0.29, 0.717) is 11.6 Å². The lowest BCUT2D eigenvalue weighted by Gasteiger charge is -2.12. The van der Waals surface area contributed by atoms with Gasteiger partial charge in [-0.25, -0.2) is 0 Å². The Morgan fingerprint density at radius 1 is 1.00 bits per heavy atom. The molecule has 0 aliphatic heterocycles. The van der Waals surface area contributed by atoms with E-state index in [1.165, 1.54) is 0 Å². The molecule has 0 atom stereocenters. The number of halogens is 1. The number of benzene rings is 2. The lowest BCUT2D eigenvalue weighted by atomic mass is 10.2. The molecule has 0 saturated heterocycles. The van der Waals surface area contributed by atoms with E-state index < -0.39 is 5.91 Å². The largest absolute Gasteiger partial charge is 0.369 e. The van der Waals surface area contributed by atoms with E-state index >= 15 is 0 Å². The number of rotatable bonds is 5. The number of nitrogens with one attached hydrogen (secondary N) is 1. The van der Waals surface area contributed by atoms with Gasteiger partial charge in [0.05, 0.1) is 23.1 Å². The third kappa shape index (κ3) is 3.51. The van der Waals surface area contributed by atoms with Gasteiger partial charge >= 0.3 is 0 Å². The summed E-state index contributed by atoms with van der Waals surface area (Å²) in [5, 5.41) is 1.65. The smallest absolute Gasteiger partial charge is 0.255 e. The second-order valence-corrected chi connectivity index (χ2v) is 7.96. The molecule has 0 radical (unpaired) electrons. The number of nitrogens with zero attached hydrogens (tertiary/aromatic N) is 2. The Kier molecular flexibility index (Phi) is 4.64. The van der Waals surface area contributed by atoms with Crippen LogP contribution in [0.3, 0.4) is 0 Å². The normalized spacial score (nSPS) is 11.4. The van der Waals surface area contributed by atoms with Crippen molar-refractivity contribution in [3.05, 3.63) is 99.6 Å². The Morgan fingerprint density at radius 2 is 1.87 bits per heavy atom. The molecule has 3 heterocycles. The Morgan fingerprint density at radius 3 is 2.68 bits per heavy atom. The van der Waals surface area contributed by atoms with Gasteiger partial charge in [-0.15, -0.1) is 0 Å². The molecular formula is C24H19ClN4O2. The Balaban J connectivity index is 1.74. The van der Waals surface area contributed by atoms with Crippen molar-refractivity contribution in [1.82, 2.24) is 14.1 Å². The first-order valence-corrected chi connectivity index (χ1v) is 10.2. The SMILES string of the molecule is NC(=O)Cc1cc2c(ccc(=O)n2-c2ccc3[nH]ccc3c2)n1Cc1cccc(Cl)c1. The van der Waals surface area contributed by atoms with Crippen molar-refractivity contribution in [2.45, 2.75) is 13.0 Å². The van der Waals surface area contributed by atoms with E-state index in [4.69, 9.17) is 17.3 Å². The van der Waals surface area contributed by atoms with Gasteiger partial charge in [0.15, 0.2) is 0 Å². The van der Waals surface area contributed by atoms with Gasteiger partial charge in [-0.1, -0.05) is 23.7 Å². The lowest BCUT2D eigenvalue weighted by Crippen LogP contribution is -2.17. The van der Waals surface area contributed by atoms with Crippen LogP contribution < -0.4 is 11.3 Å². The number of aromatic nitrogens is 3. The maximum Gasteiger partial charge on any atom is 0.255 e. The maximum absolute atomic E-state index is 12.9. The minimum absolute atomic E-state index is 0.0697. The molecule has 5 rings (SSSR count). The van der Waals surface area contributed by atoms with E-state index in [-0.39, 0.29) is 12.0 Å². The molecule has 0 bridgehead atoms. The van der Waals surface area contributed by atoms with Gasteiger partial charge in [0.2, 0.25) is 5.91 Å². The fourth-order valence-corrected chi connectivity index (χ4v) is 4.29. The topological polar surface area (TPSA) is 85.8 Å². The predicted molar refractivity (Wildman–Crippen MR) is 123 cm³/mol. The molecule has 1 amide bonds. The number of hydrogen-bond donors (Lipinski definition) is 2. The van der Waals surface area contributed by atoms with Gasteiger partial charge in [-0.3, -0.25) is 14.2 Å². The van der Waals surface area contributed by atoms with Crippen LogP contribution in [0.2, 0.25) is 5.02 Å². The number of H-pyrrole nitrogens is 1. The first-order chi connectivity index (χ1) is 15.0. The number of aromatic amines is 1. The molecule has 2 aromatic carbocycles. The van der Waals surface area contributed by atoms with Gasteiger partial charge in [0.1, 0.15) is 0 Å². The van der Waals surface area contributed by atoms with Crippen LogP contribution in [0.4, 0.5) is 0 Å². The van der Waals surface area contributed by atoms with Crippen molar-refractivity contribution < 1.29 is 4.79 Å². The molecule has 154 valence electrons. The summed E-state index contributed by atoms with van der Waals surface area (Å²) < 4.78 is 3.68. The lowest BCUT2D eigenvalue weighted by molar-refractivity contribution is -0.117. The van der Waals surface area contributed by atoms with Crippen LogP contribution in [0.1, 0.15) is 11.3 Å². The highest BCUT2D eigenvalue weighted by atomic mass is 35.5. The van der Waals surface area contributed by atoms with Gasteiger partial charge in [0.25, 0.3) is 5.56 Å². The van der Waals surface area contributed by atoms with Crippen molar-refractivity contribution in [2.24, 2.45) is 5.73 Å². The van der Waals surface area contributed by atoms with Crippen LogP contribution in [0.15, 0.2) is 77.7 Å². The Hall–Kier alpha value is -3.77. The molecule has 0 aliphatic carbocycles. The van der Waals surface area contributed by atoms with Crippen LogP contribution in [0.25, 0.3) is 27.6 Å². The van der Waals surface area contributed by atoms with Gasteiger partial charge in [-0.05, 0) is 54.1 Å². The zero-order valence-corrected chi connectivity index (χ0v) is 17.3. The summed E-state index contributed by atoms with van der Waals surface area (Å²) in [5.41, 5.74) is 10.4. The predicted octanol–water partition coefficient (Wildman–Crippen LogP) is 4.00. The van der Waals surface area contributed by atoms with Crippen molar-refractivity contribution >= 4 is 39.4 Å². The van der Waals surface area contributed by atoms with Crippen molar-refractivity contribution in [3.8, 4) is 5.69 Å². The first-order valence-electron chi connectivity index (χ1n) is 9.84. The van der Waals surface area contributed by atoms with Gasteiger partial charge in [-0.2, -0.15) is 0 Å². The summed E-state index contributed by atoms with van der Waals surface area (Å²) in [6.45, 7) is 0.502. The monoisotopic (exact) mass is 430 g/mol. The molecular weight excluding hydrogens is 412 g/mol. The minimum atomic E-state index is -0.433. The highest BCUT2D eigenvalue weighted by molar-refractivity contribution is 6.30. The summed E-state index contributed by atoms with van der Waals surface area (Å²) in [7, 11) is 0. The molecule has 31 heavy (non-hydrogen) atoms. The summed E-state index contributed by atoms with van der Waals surface area (Å²) in [5.74, 6) is -0.433. The number of nitrogens with two attached hydrogens (primary N) is 1. The van der Waals surface area contributed by atoms with Crippen molar-refractivity contribution in [2.75, 3.05) is 0 Å². The van der Waals surface area contributed by atoms with Crippen LogP contribution in [-0.2, 0) is 17.8 Å². The van der Waals surface area contributed by atoms with E-state index in [9.17, 15) is 9.59 Å². The molecule has 7 heteroatoms. The highest BCUT2D eigenvalue weighted by Gasteiger charge is 2.16. The standard InChI is InChI=1S/C24H19ClN4O2/c25-17-3-1-2-15(10-17)14-28-19(13-23(26)30)12-22-21(28)6-7-24(31)29(22)18-4-5-20-16(11-18)8-9-27-20/h1-12,27H,13-14H2,(H2,26,30). The molecule has 0 fully saturated rings. The molecule has 0 saturated carbocycles. The zero-order chi connectivity index (χ0) is 21.5. The van der Waals surface area contributed by atoms with Crippen molar-refractivity contribution in [3.63, 3.8) is 0 Å². The number of fused-ring (bicyclic) bond motifs is 2. The molecule has 0 unspecified atom stereocenters. The number of hydrogen-bond acceptors (Lipinski definition) is 2. The molecule has 0 spiro atoms. The summed E-state index contributed by atoms with van der Waals surface area (Å²) in [6.07, 6.45) is 1.94. The van der Waals surface area contributed by atoms with Gasteiger partial charge in [0, 0.05) is 40.4 Å². The number of carbonyl (C=O) groups is 1. The van der Waals surface area contributed by atoms with Gasteiger partial charge < -0.3 is 15.3 Å². The average Bonchev–Trinajstić information content (AvgIpc) is 3.32. The fraction of sp³-hybridized carbons (Fsp3) is 0.0833. The number of amides is 1.